The van der Waals surface area contributed by atoms with Crippen LogP contribution in [0.3, 0.4) is 0 Å². The van der Waals surface area contributed by atoms with E-state index in [1.807, 2.05) is 13.8 Å². The molecule has 2 fully saturated rings. The number of ketones is 2. The van der Waals surface area contributed by atoms with Crippen LogP contribution in [0.4, 0.5) is 0 Å². The maximum absolute atomic E-state index is 14.1. The molecule has 0 amide bonds. The molecule has 2 heterocycles. The van der Waals surface area contributed by atoms with Crippen LogP contribution >= 0.6 is 0 Å². The maximum Gasteiger partial charge on any atom is 0.185 e. The minimum Gasteiger partial charge on any atom is -0.491 e. The molecule has 0 bridgehead atoms. The summed E-state index contributed by atoms with van der Waals surface area (Å²) in [6.07, 6.45) is 0. The van der Waals surface area contributed by atoms with Gasteiger partial charge in [0, 0.05) is 37.3 Å². The summed E-state index contributed by atoms with van der Waals surface area (Å²) in [7, 11) is 0. The van der Waals surface area contributed by atoms with Crippen molar-refractivity contribution in [2.75, 3.05) is 92.2 Å². The number of benzene rings is 2. The predicted molar refractivity (Wildman–Crippen MR) is 159 cm³/mol. The smallest absolute Gasteiger partial charge is 0.185 e. The number of hydrogen-bond acceptors (Lipinski definition) is 11. The van der Waals surface area contributed by atoms with E-state index in [0.29, 0.717) is 75.2 Å². The topological polar surface area (TPSA) is 127 Å². The van der Waals surface area contributed by atoms with E-state index in [0.717, 1.165) is 0 Å². The number of aliphatic hydroxyl groups is 2. The third-order valence-corrected chi connectivity index (χ3v) is 8.08. The Morgan fingerprint density at radius 2 is 1.12 bits per heavy atom. The second-order valence-corrected chi connectivity index (χ2v) is 11.1. The Labute approximate surface area is 253 Å². The zero-order valence-electron chi connectivity index (χ0n) is 25.2. The number of aliphatic hydroxyl groups excluding tert-OH is 2. The lowest BCUT2D eigenvalue weighted by molar-refractivity contribution is -0.0681. The normalized spacial score (nSPS) is 19.3. The molecule has 2 atom stereocenters. The van der Waals surface area contributed by atoms with Gasteiger partial charge in [-0.2, -0.15) is 0 Å². The number of nitrogens with zero attached hydrogens (tertiary/aromatic N) is 2. The van der Waals surface area contributed by atoms with Gasteiger partial charge in [-0.15, -0.1) is 0 Å². The summed E-state index contributed by atoms with van der Waals surface area (Å²) < 4.78 is 28.7. The van der Waals surface area contributed by atoms with Crippen molar-refractivity contribution in [3.05, 3.63) is 59.7 Å². The zero-order valence-corrected chi connectivity index (χ0v) is 25.2. The van der Waals surface area contributed by atoms with Gasteiger partial charge in [0.05, 0.1) is 52.9 Å². The fraction of sp³-hybridized carbons (Fsp3) is 0.562. The number of carbonyl (C=O) groups is 2. The standard InChI is InChI=1S/C32H44N2O9/c1-31(33-9-15-39-16-10-33,29(37)25-5-3-7-27(21-25)42-19-13-35)23-41-24-32(2,34-11-17-40-18-12-34)30(38)26-6-4-8-28(22-26)43-20-14-36/h3-8,21-22,35-36H,9-20,23-24H2,1-2H3. The Kier molecular flexibility index (Phi) is 12.1. The van der Waals surface area contributed by atoms with Crippen LogP contribution in [0.15, 0.2) is 48.5 Å². The van der Waals surface area contributed by atoms with Gasteiger partial charge in [0.15, 0.2) is 11.6 Å². The minimum absolute atomic E-state index is 0.0560. The molecule has 2 aromatic rings. The summed E-state index contributed by atoms with van der Waals surface area (Å²) in [4.78, 5) is 32.4. The average molecular weight is 601 g/mol. The highest BCUT2D eigenvalue weighted by molar-refractivity contribution is 6.04. The molecule has 11 nitrogen and oxygen atoms in total. The number of hydrogen-bond donors (Lipinski definition) is 2. The second kappa shape index (κ2) is 15.7. The minimum atomic E-state index is -1.04. The highest BCUT2D eigenvalue weighted by atomic mass is 16.5. The van der Waals surface area contributed by atoms with Crippen LogP contribution in [0.2, 0.25) is 0 Å². The van der Waals surface area contributed by atoms with Gasteiger partial charge in [-0.25, -0.2) is 0 Å². The first-order valence-electron chi connectivity index (χ1n) is 14.8. The molecule has 236 valence electrons. The monoisotopic (exact) mass is 600 g/mol. The summed E-state index contributed by atoms with van der Waals surface area (Å²) in [5.74, 6) is 0.746. The van der Waals surface area contributed by atoms with Crippen molar-refractivity contribution in [2.45, 2.75) is 24.9 Å². The van der Waals surface area contributed by atoms with E-state index in [9.17, 15) is 9.59 Å². The third kappa shape index (κ3) is 8.18. The van der Waals surface area contributed by atoms with Crippen LogP contribution in [0, 0.1) is 0 Å². The van der Waals surface area contributed by atoms with Crippen molar-refractivity contribution >= 4 is 11.6 Å². The van der Waals surface area contributed by atoms with Crippen molar-refractivity contribution in [3.63, 3.8) is 0 Å². The molecule has 2 saturated heterocycles. The van der Waals surface area contributed by atoms with Crippen LogP contribution in [-0.4, -0.2) is 135 Å². The zero-order chi connectivity index (χ0) is 30.7. The molecule has 2 aromatic carbocycles. The molecule has 2 aliphatic heterocycles. The lowest BCUT2D eigenvalue weighted by Gasteiger charge is -2.44. The Morgan fingerprint density at radius 3 is 1.49 bits per heavy atom. The summed E-state index contributed by atoms with van der Waals surface area (Å²) in [5, 5.41) is 18.3. The van der Waals surface area contributed by atoms with Crippen molar-refractivity contribution in [1.82, 2.24) is 9.80 Å². The Balaban J connectivity index is 1.58. The molecule has 4 rings (SSSR count). The Morgan fingerprint density at radius 1 is 0.721 bits per heavy atom. The van der Waals surface area contributed by atoms with E-state index in [-0.39, 0.29) is 51.2 Å². The fourth-order valence-electron chi connectivity index (χ4n) is 5.57. The molecule has 43 heavy (non-hydrogen) atoms. The van der Waals surface area contributed by atoms with Gasteiger partial charge >= 0.3 is 0 Å². The third-order valence-electron chi connectivity index (χ3n) is 8.08. The van der Waals surface area contributed by atoms with E-state index in [4.69, 9.17) is 33.9 Å². The summed E-state index contributed by atoms with van der Waals surface area (Å²) in [6, 6.07) is 13.9. The van der Waals surface area contributed by atoms with Crippen LogP contribution in [-0.2, 0) is 14.2 Å². The van der Waals surface area contributed by atoms with Gasteiger partial charge < -0.3 is 33.9 Å². The van der Waals surface area contributed by atoms with E-state index < -0.39 is 11.1 Å². The number of morpholine rings is 2. The number of ether oxygens (including phenoxy) is 5. The van der Waals surface area contributed by atoms with E-state index in [2.05, 4.69) is 9.80 Å². The van der Waals surface area contributed by atoms with Gasteiger partial charge in [0.25, 0.3) is 0 Å². The largest absolute Gasteiger partial charge is 0.491 e. The first-order valence-corrected chi connectivity index (χ1v) is 14.8. The quantitative estimate of drug-likeness (QED) is 0.273. The van der Waals surface area contributed by atoms with E-state index >= 15 is 0 Å². The van der Waals surface area contributed by atoms with Crippen molar-refractivity contribution in [3.8, 4) is 11.5 Å². The fourth-order valence-corrected chi connectivity index (χ4v) is 5.57. The summed E-state index contributed by atoms with van der Waals surface area (Å²) in [6.45, 7) is 8.12. The molecule has 2 unspecified atom stereocenters. The predicted octanol–water partition coefficient (Wildman–Crippen LogP) is 1.69. The molecular weight excluding hydrogens is 556 g/mol. The van der Waals surface area contributed by atoms with E-state index in [1.165, 1.54) is 0 Å². The molecule has 0 radical (unpaired) electrons. The first-order chi connectivity index (χ1) is 20.8. The first kappa shape index (κ1) is 33.0. The molecule has 2 N–H and O–H groups in total. The molecule has 0 saturated carbocycles. The van der Waals surface area contributed by atoms with Crippen molar-refractivity contribution < 1.29 is 43.5 Å². The van der Waals surface area contributed by atoms with Crippen LogP contribution in [0.1, 0.15) is 34.6 Å². The molecule has 2 aliphatic rings. The van der Waals surface area contributed by atoms with Gasteiger partial charge in [0.2, 0.25) is 0 Å². The molecular formula is C32H44N2O9. The summed E-state index contributed by atoms with van der Waals surface area (Å²) >= 11 is 0. The van der Waals surface area contributed by atoms with Gasteiger partial charge in [-0.1, -0.05) is 24.3 Å². The number of Topliss-reactive ketones (excluding diaryl/α,β-unsaturated/α-hetero) is 2. The lowest BCUT2D eigenvalue weighted by Crippen LogP contribution is -2.61. The van der Waals surface area contributed by atoms with Crippen molar-refractivity contribution in [1.29, 1.82) is 0 Å². The highest BCUT2D eigenvalue weighted by Gasteiger charge is 2.44. The molecule has 0 spiro atoms. The van der Waals surface area contributed by atoms with Gasteiger partial charge in [-0.3, -0.25) is 19.4 Å². The SMILES string of the molecule is CC(COCC(C)(C(=O)c1cccc(OCCO)c1)N1CCOCC1)(C(=O)c1cccc(OCCO)c1)N1CCOCC1. The molecule has 11 heteroatoms. The van der Waals surface area contributed by atoms with Crippen LogP contribution < -0.4 is 9.47 Å². The van der Waals surface area contributed by atoms with Gasteiger partial charge in [-0.05, 0) is 38.1 Å². The second-order valence-electron chi connectivity index (χ2n) is 11.1. The van der Waals surface area contributed by atoms with E-state index in [1.54, 1.807) is 48.5 Å². The molecule has 0 aromatic heterocycles. The number of carbonyl (C=O) groups excluding carboxylic acids is 2. The number of rotatable bonds is 16. The van der Waals surface area contributed by atoms with Crippen LogP contribution in [0.25, 0.3) is 0 Å². The Hall–Kier alpha value is -2.90. The average Bonchev–Trinajstić information content (AvgIpc) is 3.06. The Bertz CT molecular complexity index is 1110. The molecule has 0 aliphatic carbocycles. The highest BCUT2D eigenvalue weighted by Crippen LogP contribution is 2.29. The van der Waals surface area contributed by atoms with Gasteiger partial charge in [0.1, 0.15) is 35.8 Å². The van der Waals surface area contributed by atoms with Crippen LogP contribution in [0.5, 0.6) is 11.5 Å². The van der Waals surface area contributed by atoms with Crippen molar-refractivity contribution in [2.24, 2.45) is 0 Å². The maximum atomic E-state index is 14.1. The lowest BCUT2D eigenvalue weighted by atomic mass is 9.88. The summed E-state index contributed by atoms with van der Waals surface area (Å²) in [5.41, 5.74) is -1.13.